The largest absolute Gasteiger partial charge is 1.00 e. The summed E-state index contributed by atoms with van der Waals surface area (Å²) in [4.78, 5) is 0. The van der Waals surface area contributed by atoms with Gasteiger partial charge in [-0.15, -0.1) is 0 Å². The SMILES string of the molecule is [CH2-][C@]12CC[C@H](O)C[C@@H]1CC[C@@H]1[C@@H]2CC[C@@]2(C)[C@H]1CC[C@@]21CO1.[OH-].[Rb+]. The minimum atomic E-state index is -0.0557. The van der Waals surface area contributed by atoms with Crippen molar-refractivity contribution < 1.29 is 73.5 Å². The average Bonchev–Trinajstić information content (AvgIpc) is 3.22. The quantitative estimate of drug-likeness (QED) is 0.479. The molecule has 1 saturated heterocycles. The zero-order valence-electron chi connectivity index (χ0n) is 15.5. The Hall–Kier alpha value is 1.69. The summed E-state index contributed by atoms with van der Waals surface area (Å²) in [5.74, 6) is 3.24. The first-order valence-corrected chi connectivity index (χ1v) is 9.66. The van der Waals surface area contributed by atoms with Gasteiger partial charge in [0.05, 0.1) is 18.3 Å². The normalized spacial score (nSPS) is 57.9. The topological polar surface area (TPSA) is 62.8 Å². The minimum absolute atomic E-state index is 0. The monoisotopic (exact) mass is 405 g/mol. The van der Waals surface area contributed by atoms with Gasteiger partial charge in [-0.25, -0.2) is 0 Å². The van der Waals surface area contributed by atoms with Gasteiger partial charge in [-0.05, 0) is 50.4 Å². The van der Waals surface area contributed by atoms with E-state index in [1.807, 2.05) is 0 Å². The molecule has 1 heterocycles. The van der Waals surface area contributed by atoms with Crippen molar-refractivity contribution in [1.82, 2.24) is 0 Å². The second kappa shape index (κ2) is 6.63. The molecule has 0 aromatic heterocycles. The van der Waals surface area contributed by atoms with Gasteiger partial charge in [-0.3, -0.25) is 0 Å². The van der Waals surface area contributed by atoms with E-state index in [1.54, 1.807) is 0 Å². The van der Waals surface area contributed by atoms with Gasteiger partial charge in [0, 0.05) is 5.41 Å². The van der Waals surface area contributed by atoms with Crippen LogP contribution < -0.4 is 58.2 Å². The Balaban J connectivity index is 0.000000845. The fraction of sp³-hybridized carbons (Fsp3) is 0.950. The molecule has 24 heavy (non-hydrogen) atoms. The van der Waals surface area contributed by atoms with E-state index in [4.69, 9.17) is 11.7 Å². The van der Waals surface area contributed by atoms with Crippen molar-refractivity contribution in [2.75, 3.05) is 6.61 Å². The number of epoxide rings is 1. The van der Waals surface area contributed by atoms with Crippen molar-refractivity contribution in [2.45, 2.75) is 76.4 Å². The summed E-state index contributed by atoms with van der Waals surface area (Å²) < 4.78 is 6.01. The van der Waals surface area contributed by atoms with Crippen LogP contribution in [0, 0.1) is 41.4 Å². The number of hydrogen-bond donors (Lipinski definition) is 1. The zero-order valence-corrected chi connectivity index (χ0v) is 20.4. The van der Waals surface area contributed by atoms with Gasteiger partial charge in [-0.1, -0.05) is 38.0 Å². The smallest absolute Gasteiger partial charge is 0.870 e. The molecule has 1 aliphatic heterocycles. The molecular formula is C20H32O3Rb-. The van der Waals surface area contributed by atoms with E-state index < -0.39 is 0 Å². The Morgan fingerprint density at radius 2 is 1.71 bits per heavy atom. The van der Waals surface area contributed by atoms with E-state index in [9.17, 15) is 5.11 Å². The molecule has 0 unspecified atom stereocenters. The van der Waals surface area contributed by atoms with Gasteiger partial charge in [0.1, 0.15) is 0 Å². The zero-order chi connectivity index (χ0) is 15.2. The van der Waals surface area contributed by atoms with Crippen LogP contribution in [0.25, 0.3) is 0 Å². The summed E-state index contributed by atoms with van der Waals surface area (Å²) in [5.41, 5.74) is 0.992. The molecule has 4 aliphatic carbocycles. The second-order valence-corrected chi connectivity index (χ2v) is 9.59. The number of rotatable bonds is 0. The van der Waals surface area contributed by atoms with Gasteiger partial charge in [0.15, 0.2) is 0 Å². The number of ether oxygens (including phenoxy) is 1. The third kappa shape index (κ3) is 2.58. The standard InChI is InChI=1S/C20H31O2.H2O.Rb/c1-18-8-5-14(21)11-13(18)3-4-15-16(18)6-9-19(2)17(15)7-10-20(19)12-22-20;;/h13-17,21H,1,3-12H2,2H3;1H2;/q-1;;+1/p-1/t13-,14-,15+,16-,17-,18-,19-,20+;;/m0../s1. The predicted octanol–water partition coefficient (Wildman–Crippen LogP) is 0.800. The van der Waals surface area contributed by atoms with Crippen LogP contribution in [0.4, 0.5) is 0 Å². The first-order valence-electron chi connectivity index (χ1n) is 9.66. The average molecular weight is 406 g/mol. The molecule has 0 radical (unpaired) electrons. The maximum absolute atomic E-state index is 10.1. The van der Waals surface area contributed by atoms with E-state index in [1.165, 1.54) is 38.5 Å². The van der Waals surface area contributed by atoms with Crippen LogP contribution >= 0.6 is 0 Å². The Morgan fingerprint density at radius 3 is 2.42 bits per heavy atom. The molecule has 5 aliphatic rings. The van der Waals surface area contributed by atoms with Crippen LogP contribution in [0.5, 0.6) is 0 Å². The number of aliphatic hydroxyl groups is 1. The summed E-state index contributed by atoms with van der Waals surface area (Å²) in [6.07, 6.45) is 11.2. The first-order chi connectivity index (χ1) is 10.5. The summed E-state index contributed by atoms with van der Waals surface area (Å²) in [5, 5.41) is 10.1. The molecular weight excluding hydrogens is 374 g/mol. The van der Waals surface area contributed by atoms with Crippen molar-refractivity contribution in [2.24, 2.45) is 34.5 Å². The summed E-state index contributed by atoms with van der Waals surface area (Å²) in [6, 6.07) is 0. The Kier molecular flexibility index (Phi) is 5.65. The van der Waals surface area contributed by atoms with Crippen molar-refractivity contribution in [3.8, 4) is 0 Å². The predicted molar refractivity (Wildman–Crippen MR) is 88.0 cm³/mol. The molecule has 0 bridgehead atoms. The molecule has 0 aromatic rings. The number of aliphatic hydroxyl groups excluding tert-OH is 1. The summed E-state index contributed by atoms with van der Waals surface area (Å²) >= 11 is 0. The molecule has 0 aromatic carbocycles. The van der Waals surface area contributed by atoms with Crippen LogP contribution in [0.3, 0.4) is 0 Å². The van der Waals surface area contributed by atoms with Crippen LogP contribution in [0.2, 0.25) is 0 Å². The van der Waals surface area contributed by atoms with E-state index in [0.29, 0.717) is 11.3 Å². The molecule has 132 valence electrons. The van der Waals surface area contributed by atoms with Gasteiger partial charge >= 0.3 is 58.2 Å². The number of hydrogen-bond acceptors (Lipinski definition) is 3. The first kappa shape index (κ1) is 20.4. The molecule has 8 atom stereocenters. The minimum Gasteiger partial charge on any atom is -0.870 e. The maximum atomic E-state index is 10.1. The van der Waals surface area contributed by atoms with E-state index >= 15 is 0 Å². The fourth-order valence-electron chi connectivity index (χ4n) is 7.67. The van der Waals surface area contributed by atoms with Crippen molar-refractivity contribution in [3.05, 3.63) is 6.92 Å². The molecule has 0 amide bonds. The molecule has 5 rings (SSSR count). The molecule has 1 spiro atoms. The Labute approximate surface area is 195 Å². The molecule has 5 fully saturated rings. The van der Waals surface area contributed by atoms with Crippen LogP contribution in [0.15, 0.2) is 0 Å². The van der Waals surface area contributed by atoms with Crippen LogP contribution in [-0.2, 0) is 4.74 Å². The van der Waals surface area contributed by atoms with Gasteiger partial charge in [-0.2, -0.15) is 5.41 Å². The molecule has 3 nitrogen and oxygen atoms in total. The van der Waals surface area contributed by atoms with E-state index in [2.05, 4.69) is 6.92 Å². The maximum Gasteiger partial charge on any atom is 1.00 e. The van der Waals surface area contributed by atoms with Crippen molar-refractivity contribution >= 4 is 0 Å². The van der Waals surface area contributed by atoms with E-state index in [-0.39, 0.29) is 80.8 Å². The van der Waals surface area contributed by atoms with Crippen molar-refractivity contribution in [3.63, 3.8) is 0 Å². The van der Waals surface area contributed by atoms with Gasteiger partial charge in [0.2, 0.25) is 0 Å². The second-order valence-electron chi connectivity index (χ2n) is 9.59. The summed E-state index contributed by atoms with van der Waals surface area (Å²) in [7, 11) is 0. The summed E-state index contributed by atoms with van der Waals surface area (Å²) in [6.45, 7) is 8.39. The third-order valence-electron chi connectivity index (χ3n) is 9.12. The van der Waals surface area contributed by atoms with Crippen LogP contribution in [-0.4, -0.2) is 28.9 Å². The van der Waals surface area contributed by atoms with Gasteiger partial charge in [0.25, 0.3) is 0 Å². The molecule has 2 N–H and O–H groups in total. The third-order valence-corrected chi connectivity index (χ3v) is 9.12. The molecule has 4 saturated carbocycles. The molecule has 4 heteroatoms. The van der Waals surface area contributed by atoms with Crippen molar-refractivity contribution in [1.29, 1.82) is 0 Å². The van der Waals surface area contributed by atoms with E-state index in [0.717, 1.165) is 43.6 Å². The Morgan fingerprint density at radius 1 is 1.00 bits per heavy atom. The van der Waals surface area contributed by atoms with Gasteiger partial charge < -0.3 is 22.2 Å². The fourth-order valence-corrected chi connectivity index (χ4v) is 7.67. The van der Waals surface area contributed by atoms with Crippen LogP contribution in [0.1, 0.15) is 64.7 Å². The Bertz CT molecular complexity index is 493. The number of fused-ring (bicyclic) bond motifs is 6.